The van der Waals surface area contributed by atoms with Crippen LogP contribution in [0.1, 0.15) is 30.9 Å². The van der Waals surface area contributed by atoms with Crippen molar-refractivity contribution in [3.63, 3.8) is 0 Å². The summed E-state index contributed by atoms with van der Waals surface area (Å²) in [5.41, 5.74) is 0.768. The predicted molar refractivity (Wildman–Crippen MR) is 68.6 cm³/mol. The van der Waals surface area contributed by atoms with E-state index >= 15 is 0 Å². The molecule has 1 aromatic rings. The van der Waals surface area contributed by atoms with Gasteiger partial charge in [0, 0.05) is 24.0 Å². The zero-order valence-corrected chi connectivity index (χ0v) is 10.7. The number of hydrogen-bond acceptors (Lipinski definition) is 4. The molecule has 17 heavy (non-hydrogen) atoms. The molecule has 2 N–H and O–H groups in total. The summed E-state index contributed by atoms with van der Waals surface area (Å²) in [5.74, 6) is 0.704. The Kier molecular flexibility index (Phi) is 5.68. The van der Waals surface area contributed by atoms with Crippen LogP contribution < -0.4 is 10.1 Å². The standard InChI is InChI=1S/C12H18N2O2.ClH/c1-16-11-5-7-13-8-9(11)12(15)10-4-2-3-6-14-10;/h5,7-8,10,12,14-15H,2-4,6H2,1H3;1H/t10-,12+;/m1./s1. The summed E-state index contributed by atoms with van der Waals surface area (Å²) in [6, 6.07) is 1.90. The normalized spacial score (nSPS) is 21.4. The third kappa shape index (κ3) is 3.31. The second-order valence-corrected chi connectivity index (χ2v) is 4.12. The average molecular weight is 259 g/mol. The molecular weight excluding hydrogens is 240 g/mol. The Labute approximate surface area is 108 Å². The summed E-state index contributed by atoms with van der Waals surface area (Å²) in [7, 11) is 1.61. The van der Waals surface area contributed by atoms with Gasteiger partial charge in [-0.15, -0.1) is 12.4 Å². The first-order chi connectivity index (χ1) is 7.83. The van der Waals surface area contributed by atoms with Crippen molar-refractivity contribution >= 4 is 12.4 Å². The van der Waals surface area contributed by atoms with Crippen molar-refractivity contribution in [3.8, 4) is 5.75 Å². The van der Waals surface area contributed by atoms with Crippen LogP contribution in [0.15, 0.2) is 18.5 Å². The first kappa shape index (κ1) is 14.2. The van der Waals surface area contributed by atoms with Crippen LogP contribution in [0.4, 0.5) is 0 Å². The Morgan fingerprint density at radius 1 is 1.53 bits per heavy atom. The molecule has 2 heterocycles. The molecule has 96 valence electrons. The van der Waals surface area contributed by atoms with Gasteiger partial charge in [0.2, 0.25) is 0 Å². The van der Waals surface area contributed by atoms with Gasteiger partial charge in [0.1, 0.15) is 5.75 Å². The SMILES string of the molecule is COc1ccncc1[C@H](O)[C@H]1CCCCN1.Cl. The zero-order chi connectivity index (χ0) is 11.4. The second-order valence-electron chi connectivity index (χ2n) is 4.12. The Morgan fingerprint density at radius 2 is 2.35 bits per heavy atom. The number of aliphatic hydroxyl groups excluding tert-OH is 1. The molecule has 0 spiro atoms. The van der Waals surface area contributed by atoms with Crippen LogP contribution in [0, 0.1) is 0 Å². The molecule has 0 aliphatic carbocycles. The maximum Gasteiger partial charge on any atom is 0.127 e. The van der Waals surface area contributed by atoms with Gasteiger partial charge >= 0.3 is 0 Å². The van der Waals surface area contributed by atoms with E-state index in [1.54, 1.807) is 25.6 Å². The molecule has 1 saturated heterocycles. The van der Waals surface area contributed by atoms with E-state index in [0.29, 0.717) is 5.75 Å². The van der Waals surface area contributed by atoms with E-state index in [1.165, 1.54) is 6.42 Å². The molecule has 2 atom stereocenters. The molecule has 0 unspecified atom stereocenters. The molecule has 4 nitrogen and oxygen atoms in total. The van der Waals surface area contributed by atoms with Crippen molar-refractivity contribution in [2.24, 2.45) is 0 Å². The summed E-state index contributed by atoms with van der Waals surface area (Å²) in [4.78, 5) is 4.04. The average Bonchev–Trinajstić information content (AvgIpc) is 2.39. The number of aromatic nitrogens is 1. The van der Waals surface area contributed by atoms with Gasteiger partial charge in [-0.25, -0.2) is 0 Å². The molecule has 0 aromatic carbocycles. The molecule has 5 heteroatoms. The van der Waals surface area contributed by atoms with Crippen LogP contribution in [-0.4, -0.2) is 29.8 Å². The summed E-state index contributed by atoms with van der Waals surface area (Å²) < 4.78 is 5.23. The Morgan fingerprint density at radius 3 is 3.00 bits per heavy atom. The highest BCUT2D eigenvalue weighted by atomic mass is 35.5. The number of ether oxygens (including phenoxy) is 1. The van der Waals surface area contributed by atoms with Crippen LogP contribution in [0.3, 0.4) is 0 Å². The van der Waals surface area contributed by atoms with E-state index in [9.17, 15) is 5.11 Å². The van der Waals surface area contributed by atoms with Gasteiger partial charge in [0.05, 0.1) is 13.2 Å². The highest BCUT2D eigenvalue weighted by molar-refractivity contribution is 5.85. The lowest BCUT2D eigenvalue weighted by Gasteiger charge is -2.28. The quantitative estimate of drug-likeness (QED) is 0.866. The Hall–Kier alpha value is -0.840. The van der Waals surface area contributed by atoms with Crippen molar-refractivity contribution < 1.29 is 9.84 Å². The van der Waals surface area contributed by atoms with E-state index in [4.69, 9.17) is 4.74 Å². The van der Waals surface area contributed by atoms with Gasteiger partial charge in [0.15, 0.2) is 0 Å². The fraction of sp³-hybridized carbons (Fsp3) is 0.583. The Balaban J connectivity index is 0.00000144. The van der Waals surface area contributed by atoms with E-state index in [2.05, 4.69) is 10.3 Å². The number of aliphatic hydroxyl groups is 1. The fourth-order valence-electron chi connectivity index (χ4n) is 2.17. The van der Waals surface area contributed by atoms with Crippen LogP contribution in [0.5, 0.6) is 5.75 Å². The van der Waals surface area contributed by atoms with Crippen molar-refractivity contribution in [2.45, 2.75) is 31.4 Å². The van der Waals surface area contributed by atoms with E-state index in [-0.39, 0.29) is 18.4 Å². The molecule has 0 bridgehead atoms. The monoisotopic (exact) mass is 258 g/mol. The van der Waals surface area contributed by atoms with Gasteiger partial charge in [-0.2, -0.15) is 0 Å². The van der Waals surface area contributed by atoms with Crippen molar-refractivity contribution in [1.29, 1.82) is 0 Å². The molecule has 0 amide bonds. The number of piperidine rings is 1. The Bertz CT molecular complexity index is 343. The number of rotatable bonds is 3. The topological polar surface area (TPSA) is 54.4 Å². The van der Waals surface area contributed by atoms with Gasteiger partial charge < -0.3 is 15.2 Å². The number of hydrogen-bond donors (Lipinski definition) is 2. The van der Waals surface area contributed by atoms with Crippen LogP contribution in [0.25, 0.3) is 0 Å². The zero-order valence-electron chi connectivity index (χ0n) is 9.93. The molecule has 1 aliphatic heterocycles. The number of nitrogens with one attached hydrogen (secondary N) is 1. The fourth-order valence-corrected chi connectivity index (χ4v) is 2.17. The first-order valence-corrected chi connectivity index (χ1v) is 5.72. The van der Waals surface area contributed by atoms with Crippen molar-refractivity contribution in [1.82, 2.24) is 10.3 Å². The van der Waals surface area contributed by atoms with E-state index < -0.39 is 6.10 Å². The van der Waals surface area contributed by atoms with E-state index in [0.717, 1.165) is 24.9 Å². The molecule has 1 aliphatic rings. The molecule has 1 aromatic heterocycles. The van der Waals surface area contributed by atoms with Gasteiger partial charge in [-0.1, -0.05) is 6.42 Å². The number of pyridine rings is 1. The van der Waals surface area contributed by atoms with Crippen LogP contribution >= 0.6 is 12.4 Å². The van der Waals surface area contributed by atoms with Crippen LogP contribution in [0.2, 0.25) is 0 Å². The first-order valence-electron chi connectivity index (χ1n) is 5.72. The van der Waals surface area contributed by atoms with Gasteiger partial charge in [-0.05, 0) is 25.5 Å². The summed E-state index contributed by atoms with van der Waals surface area (Å²) >= 11 is 0. The number of nitrogens with zero attached hydrogens (tertiary/aromatic N) is 1. The highest BCUT2D eigenvalue weighted by Crippen LogP contribution is 2.28. The van der Waals surface area contributed by atoms with Crippen LogP contribution in [-0.2, 0) is 0 Å². The maximum atomic E-state index is 10.3. The minimum Gasteiger partial charge on any atom is -0.496 e. The third-order valence-corrected chi connectivity index (χ3v) is 3.08. The largest absolute Gasteiger partial charge is 0.496 e. The summed E-state index contributed by atoms with van der Waals surface area (Å²) in [5, 5.41) is 13.6. The minimum atomic E-state index is -0.538. The minimum absolute atomic E-state index is 0. The molecule has 2 rings (SSSR count). The molecule has 0 saturated carbocycles. The lowest BCUT2D eigenvalue weighted by molar-refractivity contribution is 0.110. The summed E-state index contributed by atoms with van der Waals surface area (Å²) in [6.45, 7) is 0.976. The van der Waals surface area contributed by atoms with E-state index in [1.807, 2.05) is 0 Å². The van der Waals surface area contributed by atoms with Crippen molar-refractivity contribution in [3.05, 3.63) is 24.0 Å². The smallest absolute Gasteiger partial charge is 0.127 e. The van der Waals surface area contributed by atoms with Crippen molar-refractivity contribution in [2.75, 3.05) is 13.7 Å². The number of halogens is 1. The number of methoxy groups -OCH3 is 1. The molecule has 1 fully saturated rings. The lowest BCUT2D eigenvalue weighted by atomic mass is 9.95. The summed E-state index contributed by atoms with van der Waals surface area (Å²) in [6.07, 6.45) is 6.16. The predicted octanol–water partition coefficient (Wildman–Crippen LogP) is 1.69. The second kappa shape index (κ2) is 6.79. The third-order valence-electron chi connectivity index (χ3n) is 3.08. The van der Waals surface area contributed by atoms with Gasteiger partial charge in [0.25, 0.3) is 0 Å². The lowest BCUT2D eigenvalue weighted by Crippen LogP contribution is -2.38. The van der Waals surface area contributed by atoms with Gasteiger partial charge in [-0.3, -0.25) is 4.98 Å². The maximum absolute atomic E-state index is 10.3. The molecular formula is C12H19ClN2O2. The molecule has 0 radical (unpaired) electrons. The highest BCUT2D eigenvalue weighted by Gasteiger charge is 2.25.